The summed E-state index contributed by atoms with van der Waals surface area (Å²) in [5, 5.41) is 7.31. The number of benzene rings is 2. The molecule has 8 nitrogen and oxygen atoms in total. The summed E-state index contributed by atoms with van der Waals surface area (Å²) in [7, 11) is 0. The Hall–Kier alpha value is -4.17. The van der Waals surface area contributed by atoms with Crippen molar-refractivity contribution in [3.8, 4) is 22.5 Å². The van der Waals surface area contributed by atoms with Crippen molar-refractivity contribution in [1.82, 2.24) is 10.1 Å². The van der Waals surface area contributed by atoms with Crippen LogP contribution in [0.15, 0.2) is 71.5 Å². The highest BCUT2D eigenvalue weighted by Gasteiger charge is 2.21. The van der Waals surface area contributed by atoms with Gasteiger partial charge in [0.2, 0.25) is 0 Å². The van der Waals surface area contributed by atoms with Crippen LogP contribution < -0.4 is 5.32 Å². The van der Waals surface area contributed by atoms with E-state index in [0.717, 1.165) is 16.7 Å². The molecule has 2 heterocycles. The van der Waals surface area contributed by atoms with Gasteiger partial charge in [-0.1, -0.05) is 53.2 Å². The van der Waals surface area contributed by atoms with E-state index in [1.54, 1.807) is 45.3 Å². The zero-order valence-corrected chi connectivity index (χ0v) is 21.4. The van der Waals surface area contributed by atoms with Crippen molar-refractivity contribution >= 4 is 29.4 Å². The van der Waals surface area contributed by atoms with E-state index in [-0.39, 0.29) is 12.4 Å². The minimum absolute atomic E-state index is 0.137. The molecule has 190 valence electrons. The predicted molar refractivity (Wildman–Crippen MR) is 140 cm³/mol. The molecule has 4 rings (SSSR count). The zero-order chi connectivity index (χ0) is 26.4. The van der Waals surface area contributed by atoms with E-state index in [1.807, 2.05) is 42.5 Å². The molecule has 1 amide bonds. The first-order chi connectivity index (χ1) is 17.9. The maximum atomic E-state index is 12.7. The Morgan fingerprint density at radius 3 is 2.62 bits per heavy atom. The number of rotatable bonds is 8. The molecular formula is C28H26ClN3O5. The molecule has 1 unspecified atom stereocenters. The normalized spacial score (nSPS) is 11.6. The molecule has 0 saturated heterocycles. The summed E-state index contributed by atoms with van der Waals surface area (Å²) in [6.45, 7) is 5.57. The van der Waals surface area contributed by atoms with E-state index in [9.17, 15) is 9.59 Å². The maximum absolute atomic E-state index is 12.7. The van der Waals surface area contributed by atoms with E-state index in [2.05, 4.69) is 15.5 Å². The van der Waals surface area contributed by atoms with Crippen LogP contribution in [0, 0.1) is 6.92 Å². The molecule has 0 aliphatic carbocycles. The highest BCUT2D eigenvalue weighted by atomic mass is 35.5. The topological polar surface area (TPSA) is 104 Å². The van der Waals surface area contributed by atoms with E-state index in [4.69, 9.17) is 25.6 Å². The van der Waals surface area contributed by atoms with Crippen molar-refractivity contribution in [2.24, 2.45) is 0 Å². The van der Waals surface area contributed by atoms with Gasteiger partial charge < -0.3 is 14.0 Å². The molecule has 9 heteroatoms. The fraction of sp³-hybridized carbons (Fsp3) is 0.214. The number of nitrogens with zero attached hydrogens (tertiary/aromatic N) is 2. The number of anilines is 1. The molecule has 0 spiro atoms. The van der Waals surface area contributed by atoms with Gasteiger partial charge in [0.05, 0.1) is 13.0 Å². The lowest BCUT2D eigenvalue weighted by atomic mass is 10.0. The minimum atomic E-state index is -0.660. The molecular weight excluding hydrogens is 494 g/mol. The third-order valence-corrected chi connectivity index (χ3v) is 5.97. The number of nitrogens with one attached hydrogen (secondary N) is 1. The van der Waals surface area contributed by atoms with Crippen LogP contribution in [-0.2, 0) is 20.7 Å². The molecule has 1 N–H and O–H groups in total. The summed E-state index contributed by atoms with van der Waals surface area (Å²) in [4.78, 5) is 28.9. The second kappa shape index (κ2) is 11.7. The summed E-state index contributed by atoms with van der Waals surface area (Å²) in [5.74, 6) is 0.0797. The molecule has 2 aromatic carbocycles. The highest BCUT2D eigenvalue weighted by molar-refractivity contribution is 6.31. The van der Waals surface area contributed by atoms with Crippen molar-refractivity contribution in [2.45, 2.75) is 33.3 Å². The number of aromatic nitrogens is 2. The van der Waals surface area contributed by atoms with Gasteiger partial charge in [0.15, 0.2) is 5.76 Å². The summed E-state index contributed by atoms with van der Waals surface area (Å²) in [6.07, 6.45) is 2.27. The maximum Gasteiger partial charge on any atom is 0.412 e. The number of halogens is 1. The SMILES string of the molecule is CCOC(=O)Cc1cncc(-c2cccc(-c3onc(C)c3NC(=O)OC(C)c3ccccc3Cl)c2)c1. The van der Waals surface area contributed by atoms with Crippen molar-refractivity contribution in [3.63, 3.8) is 0 Å². The molecule has 0 saturated carbocycles. The highest BCUT2D eigenvalue weighted by Crippen LogP contribution is 2.34. The third kappa shape index (κ3) is 6.34. The lowest BCUT2D eigenvalue weighted by molar-refractivity contribution is -0.142. The van der Waals surface area contributed by atoms with Gasteiger partial charge in [0, 0.05) is 34.1 Å². The van der Waals surface area contributed by atoms with Crippen molar-refractivity contribution in [1.29, 1.82) is 0 Å². The number of pyridine rings is 1. The Bertz CT molecular complexity index is 1420. The van der Waals surface area contributed by atoms with Gasteiger partial charge in [-0.25, -0.2) is 4.79 Å². The second-order valence-corrected chi connectivity index (χ2v) is 8.72. The molecule has 4 aromatic rings. The molecule has 0 aliphatic heterocycles. The largest absolute Gasteiger partial charge is 0.466 e. The predicted octanol–water partition coefficient (Wildman–Crippen LogP) is 6.78. The number of esters is 1. The van der Waals surface area contributed by atoms with Gasteiger partial charge in [-0.05, 0) is 50.1 Å². The first-order valence-electron chi connectivity index (χ1n) is 11.7. The van der Waals surface area contributed by atoms with Crippen molar-refractivity contribution in [2.75, 3.05) is 11.9 Å². The molecule has 37 heavy (non-hydrogen) atoms. The minimum Gasteiger partial charge on any atom is -0.466 e. The quantitative estimate of drug-likeness (QED) is 0.256. The lowest BCUT2D eigenvalue weighted by Gasteiger charge is -2.15. The summed E-state index contributed by atoms with van der Waals surface area (Å²) in [5.41, 5.74) is 4.72. The number of aryl methyl sites for hydroxylation is 1. The standard InChI is InChI=1S/C28H26ClN3O5/c1-4-35-25(33)13-19-12-22(16-30-15-19)20-8-7-9-21(14-20)27-26(17(2)32-37-27)31-28(34)36-18(3)23-10-5-6-11-24(23)29/h5-12,14-16,18H,4,13H2,1-3H3,(H,31,34). The average Bonchev–Trinajstić information content (AvgIpc) is 3.24. The number of amides is 1. The van der Waals surface area contributed by atoms with Crippen LogP contribution in [0.2, 0.25) is 5.02 Å². The van der Waals surface area contributed by atoms with Gasteiger partial charge in [-0.2, -0.15) is 0 Å². The van der Waals surface area contributed by atoms with Crippen LogP contribution in [0.5, 0.6) is 0 Å². The smallest absolute Gasteiger partial charge is 0.412 e. The Morgan fingerprint density at radius 1 is 1.05 bits per heavy atom. The lowest BCUT2D eigenvalue weighted by Crippen LogP contribution is -2.17. The first kappa shape index (κ1) is 25.9. The van der Waals surface area contributed by atoms with Crippen molar-refractivity contribution < 1.29 is 23.6 Å². The fourth-order valence-corrected chi connectivity index (χ4v) is 4.12. The van der Waals surface area contributed by atoms with Crippen LogP contribution >= 0.6 is 11.6 Å². The summed E-state index contributed by atoms with van der Waals surface area (Å²) >= 11 is 6.23. The van der Waals surface area contributed by atoms with Crippen LogP contribution in [-0.4, -0.2) is 28.8 Å². The van der Waals surface area contributed by atoms with Gasteiger partial charge >= 0.3 is 12.1 Å². The Kier molecular flexibility index (Phi) is 8.20. The molecule has 1 atom stereocenters. The van der Waals surface area contributed by atoms with E-state index < -0.39 is 12.2 Å². The fourth-order valence-electron chi connectivity index (χ4n) is 3.84. The number of ether oxygens (including phenoxy) is 2. The number of hydrogen-bond acceptors (Lipinski definition) is 7. The summed E-state index contributed by atoms with van der Waals surface area (Å²) < 4.78 is 16.1. The van der Waals surface area contributed by atoms with Crippen LogP contribution in [0.1, 0.15) is 36.8 Å². The van der Waals surface area contributed by atoms with E-state index >= 15 is 0 Å². The monoisotopic (exact) mass is 519 g/mol. The average molecular weight is 520 g/mol. The van der Waals surface area contributed by atoms with Gasteiger partial charge in [-0.15, -0.1) is 0 Å². The van der Waals surface area contributed by atoms with Crippen LogP contribution in [0.3, 0.4) is 0 Å². The molecule has 0 aliphatic rings. The molecule has 0 radical (unpaired) electrons. The summed E-state index contributed by atoms with van der Waals surface area (Å²) in [6, 6.07) is 16.6. The number of carbonyl (C=O) groups is 2. The first-order valence-corrected chi connectivity index (χ1v) is 12.1. The van der Waals surface area contributed by atoms with Crippen LogP contribution in [0.25, 0.3) is 22.5 Å². The van der Waals surface area contributed by atoms with Gasteiger partial charge in [0.1, 0.15) is 17.5 Å². The van der Waals surface area contributed by atoms with E-state index in [1.165, 1.54) is 0 Å². The van der Waals surface area contributed by atoms with Gasteiger partial charge in [0.25, 0.3) is 0 Å². The van der Waals surface area contributed by atoms with E-state index in [0.29, 0.717) is 39.9 Å². The molecule has 2 aromatic heterocycles. The number of carbonyl (C=O) groups excluding carboxylic acids is 2. The second-order valence-electron chi connectivity index (χ2n) is 8.31. The zero-order valence-electron chi connectivity index (χ0n) is 20.7. The number of hydrogen-bond donors (Lipinski definition) is 1. The van der Waals surface area contributed by atoms with Crippen LogP contribution in [0.4, 0.5) is 10.5 Å². The van der Waals surface area contributed by atoms with Gasteiger partial charge in [-0.3, -0.25) is 15.1 Å². The Balaban J connectivity index is 1.54. The molecule has 0 fully saturated rings. The Labute approximate surface area is 219 Å². The van der Waals surface area contributed by atoms with Crippen molar-refractivity contribution in [3.05, 3.63) is 88.8 Å². The third-order valence-electron chi connectivity index (χ3n) is 5.62. The Morgan fingerprint density at radius 2 is 1.84 bits per heavy atom. The molecule has 0 bridgehead atoms.